The van der Waals surface area contributed by atoms with Crippen LogP contribution in [0.25, 0.3) is 32.3 Å². The van der Waals surface area contributed by atoms with Crippen molar-refractivity contribution in [2.45, 2.75) is 17.7 Å². The van der Waals surface area contributed by atoms with Gasteiger partial charge in [0.05, 0.1) is 0 Å². The van der Waals surface area contributed by atoms with Gasteiger partial charge in [0.25, 0.3) is 0 Å². The molecule has 0 saturated heterocycles. The Bertz CT molecular complexity index is 1040. The summed E-state index contributed by atoms with van der Waals surface area (Å²) >= 11 is 4.57. The molecule has 0 nitrogen and oxygen atoms in total. The molecule has 1 aliphatic rings. The fourth-order valence-corrected chi connectivity index (χ4v) is 4.21. The summed E-state index contributed by atoms with van der Waals surface area (Å²) in [4.78, 5) is 1.07. The van der Waals surface area contributed by atoms with Gasteiger partial charge in [0.15, 0.2) is 0 Å². The third kappa shape index (κ3) is 1.53. The van der Waals surface area contributed by atoms with Gasteiger partial charge in [-0.2, -0.15) is 0 Å². The number of fused-ring (bicyclic) bond motifs is 4. The molecule has 0 bridgehead atoms. The molecule has 0 saturated carbocycles. The van der Waals surface area contributed by atoms with Crippen molar-refractivity contribution in [2.75, 3.05) is 0 Å². The van der Waals surface area contributed by atoms with E-state index >= 15 is 0 Å². The largest absolute Gasteiger partial charge is 0.143 e. The minimum absolute atomic E-state index is 1.07. The Balaban J connectivity index is 2.08. The van der Waals surface area contributed by atoms with E-state index in [-0.39, 0.29) is 0 Å². The van der Waals surface area contributed by atoms with E-state index in [4.69, 9.17) is 0 Å². The molecule has 0 amide bonds. The summed E-state index contributed by atoms with van der Waals surface area (Å²) in [6.45, 7) is 0. The van der Waals surface area contributed by atoms with Crippen LogP contribution in [0.2, 0.25) is 0 Å². The molecule has 4 aromatic carbocycles. The Morgan fingerprint density at radius 3 is 2.57 bits per heavy atom. The van der Waals surface area contributed by atoms with Gasteiger partial charge in [-0.3, -0.25) is 0 Å². The Labute approximate surface area is 128 Å². The van der Waals surface area contributed by atoms with Crippen LogP contribution in [0, 0.1) is 0 Å². The average molecular weight is 286 g/mol. The summed E-state index contributed by atoms with van der Waals surface area (Å²) in [6.07, 6.45) is 2.30. The maximum Gasteiger partial charge on any atom is 0.00491 e. The van der Waals surface area contributed by atoms with Crippen LogP contribution in [0.5, 0.6) is 0 Å². The minimum atomic E-state index is 1.07. The van der Waals surface area contributed by atoms with Crippen LogP contribution in [0.3, 0.4) is 0 Å². The third-order valence-electron chi connectivity index (χ3n) is 4.78. The van der Waals surface area contributed by atoms with E-state index in [1.165, 1.54) is 43.4 Å². The van der Waals surface area contributed by atoms with E-state index in [9.17, 15) is 0 Å². The van der Waals surface area contributed by atoms with Gasteiger partial charge < -0.3 is 0 Å². The van der Waals surface area contributed by atoms with Crippen LogP contribution < -0.4 is 0 Å². The van der Waals surface area contributed by atoms with Crippen molar-refractivity contribution in [3.8, 4) is 0 Å². The number of rotatable bonds is 0. The van der Waals surface area contributed by atoms with Crippen molar-refractivity contribution < 1.29 is 0 Å². The van der Waals surface area contributed by atoms with Crippen LogP contribution in [0.15, 0.2) is 59.5 Å². The molecule has 1 aliphatic carbocycles. The lowest BCUT2D eigenvalue weighted by Gasteiger charge is -2.10. The summed E-state index contributed by atoms with van der Waals surface area (Å²) in [5.74, 6) is 0. The summed E-state index contributed by atoms with van der Waals surface area (Å²) < 4.78 is 0. The van der Waals surface area contributed by atoms with Gasteiger partial charge in [-0.25, -0.2) is 0 Å². The molecular formula is C20H14S. The van der Waals surface area contributed by atoms with Crippen LogP contribution in [0.1, 0.15) is 11.1 Å². The summed E-state index contributed by atoms with van der Waals surface area (Å²) in [5, 5.41) is 8.28. The lowest BCUT2D eigenvalue weighted by Crippen LogP contribution is -1.85. The van der Waals surface area contributed by atoms with Gasteiger partial charge in [0.2, 0.25) is 0 Å². The molecule has 0 aromatic heterocycles. The Hall–Kier alpha value is -1.99. The Morgan fingerprint density at radius 1 is 0.714 bits per heavy atom. The zero-order valence-corrected chi connectivity index (χ0v) is 12.5. The van der Waals surface area contributed by atoms with Crippen molar-refractivity contribution >= 4 is 44.9 Å². The Kier molecular flexibility index (Phi) is 2.23. The highest BCUT2D eigenvalue weighted by Crippen LogP contribution is 2.40. The van der Waals surface area contributed by atoms with Crippen LogP contribution in [-0.4, -0.2) is 0 Å². The molecule has 0 heterocycles. The highest BCUT2D eigenvalue weighted by atomic mass is 32.1. The fraction of sp³-hybridized carbons (Fsp3) is 0.100. The molecule has 0 aliphatic heterocycles. The van der Waals surface area contributed by atoms with Crippen molar-refractivity contribution in [1.82, 2.24) is 0 Å². The molecule has 0 atom stereocenters. The van der Waals surface area contributed by atoms with Gasteiger partial charge in [0, 0.05) is 4.90 Å². The molecule has 0 fully saturated rings. The molecule has 0 N–H and O–H groups in total. The predicted molar refractivity (Wildman–Crippen MR) is 93.6 cm³/mol. The fourth-order valence-electron chi connectivity index (χ4n) is 3.91. The van der Waals surface area contributed by atoms with E-state index in [1.807, 2.05) is 0 Å². The maximum atomic E-state index is 4.57. The van der Waals surface area contributed by atoms with E-state index in [0.717, 1.165) is 17.7 Å². The Morgan fingerprint density at radius 2 is 1.62 bits per heavy atom. The SMILES string of the molecule is Sc1cc2c3c(c4ccc5ccccc5c4cc3c1)CC2. The topological polar surface area (TPSA) is 0 Å². The standard InChI is InChI=1S/C20H14S/c21-15-9-13-6-8-18-17-7-5-12-3-1-2-4-16(12)19(17)11-14(10-15)20(13)18/h1-5,7,9-11,21H,6,8H2. The number of benzene rings is 4. The van der Waals surface area contributed by atoms with Crippen molar-refractivity contribution in [3.63, 3.8) is 0 Å². The zero-order chi connectivity index (χ0) is 14.0. The first kappa shape index (κ1) is 11.6. The second-order valence-corrected chi connectivity index (χ2v) is 6.46. The molecule has 100 valence electrons. The quantitative estimate of drug-likeness (QED) is 0.245. The van der Waals surface area contributed by atoms with Crippen LogP contribution in [-0.2, 0) is 12.8 Å². The van der Waals surface area contributed by atoms with Crippen molar-refractivity contribution in [2.24, 2.45) is 0 Å². The van der Waals surface area contributed by atoms with Crippen LogP contribution >= 0.6 is 12.6 Å². The minimum Gasteiger partial charge on any atom is -0.143 e. The highest BCUT2D eigenvalue weighted by molar-refractivity contribution is 7.80. The monoisotopic (exact) mass is 286 g/mol. The maximum absolute atomic E-state index is 4.57. The number of hydrogen-bond acceptors (Lipinski definition) is 1. The first-order valence-corrected chi connectivity index (χ1v) is 7.85. The highest BCUT2D eigenvalue weighted by Gasteiger charge is 2.18. The predicted octanol–water partition coefficient (Wildman–Crippen LogP) is 5.53. The molecule has 5 rings (SSSR count). The van der Waals surface area contributed by atoms with E-state index in [1.54, 1.807) is 0 Å². The second kappa shape index (κ2) is 4.02. The molecule has 0 radical (unpaired) electrons. The van der Waals surface area contributed by atoms with E-state index in [0.29, 0.717) is 0 Å². The molecule has 1 heteroatoms. The average Bonchev–Trinajstić information content (AvgIpc) is 2.92. The normalized spacial score (nSPS) is 13.6. The van der Waals surface area contributed by atoms with Gasteiger partial charge in [-0.15, -0.1) is 12.6 Å². The molecule has 4 aromatic rings. The molecule has 0 spiro atoms. The van der Waals surface area contributed by atoms with Gasteiger partial charge in [-0.05, 0) is 74.5 Å². The van der Waals surface area contributed by atoms with Gasteiger partial charge in [0.1, 0.15) is 0 Å². The summed E-state index contributed by atoms with van der Waals surface area (Å²) in [6, 6.07) is 20.0. The number of hydrogen-bond donors (Lipinski definition) is 1. The first-order chi connectivity index (χ1) is 10.3. The molecule has 0 unspecified atom stereocenters. The molecule has 21 heavy (non-hydrogen) atoms. The smallest absolute Gasteiger partial charge is 0.00491 e. The van der Waals surface area contributed by atoms with Crippen LogP contribution in [0.4, 0.5) is 0 Å². The zero-order valence-electron chi connectivity index (χ0n) is 11.6. The lowest BCUT2D eigenvalue weighted by molar-refractivity contribution is 1.03. The first-order valence-electron chi connectivity index (χ1n) is 7.40. The number of aryl methyl sites for hydroxylation is 2. The van der Waals surface area contributed by atoms with E-state index in [2.05, 4.69) is 67.2 Å². The summed E-state index contributed by atoms with van der Waals surface area (Å²) in [5.41, 5.74) is 2.99. The summed E-state index contributed by atoms with van der Waals surface area (Å²) in [7, 11) is 0. The van der Waals surface area contributed by atoms with E-state index < -0.39 is 0 Å². The number of thiol groups is 1. The van der Waals surface area contributed by atoms with Crippen molar-refractivity contribution in [1.29, 1.82) is 0 Å². The molecular weight excluding hydrogens is 272 g/mol. The third-order valence-corrected chi connectivity index (χ3v) is 5.04. The van der Waals surface area contributed by atoms with Gasteiger partial charge >= 0.3 is 0 Å². The second-order valence-electron chi connectivity index (χ2n) is 5.94. The van der Waals surface area contributed by atoms with Gasteiger partial charge in [-0.1, -0.05) is 36.4 Å². The van der Waals surface area contributed by atoms with Crippen molar-refractivity contribution in [3.05, 3.63) is 65.7 Å². The lowest BCUT2D eigenvalue weighted by atomic mass is 9.94.